The number of fused-ring (bicyclic) bond motifs is 1. The minimum atomic E-state index is -0.996. The van der Waals surface area contributed by atoms with E-state index in [1.165, 1.54) is 18.3 Å². The molecule has 0 amide bonds. The molecule has 0 radical (unpaired) electrons. The molecule has 0 spiro atoms. The van der Waals surface area contributed by atoms with Crippen LogP contribution in [-0.4, -0.2) is 21.2 Å². The quantitative estimate of drug-likeness (QED) is 0.570. The molecular formula is C15H23NSi. The largest absolute Gasteiger partial charge is 0.367 e. The molecule has 0 N–H and O–H groups in total. The molecule has 2 heteroatoms. The Bertz CT molecular complexity index is 406. The smallest absolute Gasteiger partial charge is 0.0449 e. The van der Waals surface area contributed by atoms with Gasteiger partial charge in [-0.2, -0.15) is 0 Å². The normalized spacial score (nSPS) is 19.2. The monoisotopic (exact) mass is 245 g/mol. The van der Waals surface area contributed by atoms with E-state index in [4.69, 9.17) is 0 Å². The first-order valence-electron chi connectivity index (χ1n) is 6.46. The summed E-state index contributed by atoms with van der Waals surface area (Å²) in [6.45, 7) is 13.4. The fourth-order valence-electron chi connectivity index (χ4n) is 2.83. The van der Waals surface area contributed by atoms with E-state index >= 15 is 0 Å². The van der Waals surface area contributed by atoms with Crippen molar-refractivity contribution in [1.82, 2.24) is 0 Å². The molecule has 1 unspecified atom stereocenters. The Balaban J connectivity index is 2.25. The number of anilines is 1. The zero-order valence-electron chi connectivity index (χ0n) is 11.2. The molecule has 1 aliphatic rings. The van der Waals surface area contributed by atoms with Crippen LogP contribution >= 0.6 is 0 Å². The first kappa shape index (κ1) is 12.4. The van der Waals surface area contributed by atoms with Crippen molar-refractivity contribution in [1.29, 1.82) is 0 Å². The number of hydrogen-bond donors (Lipinski definition) is 0. The third-order valence-electron chi connectivity index (χ3n) is 3.37. The molecule has 1 nitrogen and oxygen atoms in total. The van der Waals surface area contributed by atoms with Crippen LogP contribution in [0.4, 0.5) is 5.69 Å². The summed E-state index contributed by atoms with van der Waals surface area (Å²) >= 11 is 0. The minimum Gasteiger partial charge on any atom is -0.367 e. The summed E-state index contributed by atoms with van der Waals surface area (Å²) in [6.07, 6.45) is 2.01. The molecule has 0 aliphatic carbocycles. The molecule has 0 saturated carbocycles. The topological polar surface area (TPSA) is 3.24 Å². The van der Waals surface area contributed by atoms with Gasteiger partial charge in [0.05, 0.1) is 0 Å². The Morgan fingerprint density at radius 1 is 1.35 bits per heavy atom. The lowest BCUT2D eigenvalue weighted by Gasteiger charge is -2.22. The van der Waals surface area contributed by atoms with E-state index in [2.05, 4.69) is 55.4 Å². The van der Waals surface area contributed by atoms with Gasteiger partial charge < -0.3 is 4.90 Å². The third kappa shape index (κ3) is 2.81. The van der Waals surface area contributed by atoms with Crippen LogP contribution in [0.1, 0.15) is 11.5 Å². The zero-order chi connectivity index (χ0) is 12.5. The van der Waals surface area contributed by atoms with Crippen LogP contribution in [0.2, 0.25) is 25.7 Å². The summed E-state index contributed by atoms with van der Waals surface area (Å²) in [5.74, 6) is 0.734. The Morgan fingerprint density at radius 2 is 2.06 bits per heavy atom. The summed E-state index contributed by atoms with van der Waals surface area (Å²) in [5.41, 5.74) is 2.98. The Morgan fingerprint density at radius 3 is 2.71 bits per heavy atom. The molecule has 2 rings (SSSR count). The van der Waals surface area contributed by atoms with E-state index in [1.54, 1.807) is 5.56 Å². The van der Waals surface area contributed by atoms with Gasteiger partial charge in [-0.25, -0.2) is 0 Å². The molecular weight excluding hydrogens is 222 g/mol. The lowest BCUT2D eigenvalue weighted by Crippen LogP contribution is -2.27. The molecule has 1 atom stereocenters. The van der Waals surface area contributed by atoms with E-state index in [1.807, 2.05) is 6.08 Å². The van der Waals surface area contributed by atoms with Crippen LogP contribution in [0.3, 0.4) is 0 Å². The Hall–Kier alpha value is -1.02. The fraction of sp³-hybridized carbons (Fsp3) is 0.467. The highest BCUT2D eigenvalue weighted by Gasteiger charge is 2.31. The average Bonchev–Trinajstić information content (AvgIpc) is 2.56. The predicted molar refractivity (Wildman–Crippen MR) is 79.7 cm³/mol. The number of nitrogens with zero attached hydrogens (tertiary/aromatic N) is 1. The van der Waals surface area contributed by atoms with Crippen molar-refractivity contribution in [2.75, 3.05) is 18.0 Å². The summed E-state index contributed by atoms with van der Waals surface area (Å²) < 4.78 is 0. The summed E-state index contributed by atoms with van der Waals surface area (Å²) in [6, 6.07) is 10.3. The fourth-order valence-corrected chi connectivity index (χ4v) is 4.65. The van der Waals surface area contributed by atoms with Crippen molar-refractivity contribution in [2.45, 2.75) is 31.6 Å². The first-order chi connectivity index (χ1) is 8.01. The van der Waals surface area contributed by atoms with Crippen molar-refractivity contribution in [3.8, 4) is 0 Å². The van der Waals surface area contributed by atoms with Gasteiger partial charge in [0.1, 0.15) is 0 Å². The molecule has 0 bridgehead atoms. The highest BCUT2D eigenvalue weighted by Crippen LogP contribution is 2.40. The van der Waals surface area contributed by atoms with E-state index < -0.39 is 8.07 Å². The van der Waals surface area contributed by atoms with Crippen molar-refractivity contribution in [3.63, 3.8) is 0 Å². The van der Waals surface area contributed by atoms with Gasteiger partial charge in [-0.05, 0) is 17.7 Å². The molecule has 0 saturated heterocycles. The summed E-state index contributed by atoms with van der Waals surface area (Å²) in [7, 11) is -0.996. The van der Waals surface area contributed by atoms with Gasteiger partial charge in [-0.15, -0.1) is 6.58 Å². The van der Waals surface area contributed by atoms with Gasteiger partial charge >= 0.3 is 0 Å². The molecule has 1 aromatic carbocycles. The molecule has 1 aromatic rings. The van der Waals surface area contributed by atoms with Crippen LogP contribution in [0.5, 0.6) is 0 Å². The van der Waals surface area contributed by atoms with Crippen molar-refractivity contribution in [3.05, 3.63) is 42.5 Å². The molecule has 0 aromatic heterocycles. The van der Waals surface area contributed by atoms with E-state index in [0.717, 1.165) is 12.5 Å². The average molecular weight is 245 g/mol. The lowest BCUT2D eigenvalue weighted by atomic mass is 10.0. The van der Waals surface area contributed by atoms with Gasteiger partial charge in [0.25, 0.3) is 0 Å². The maximum atomic E-state index is 3.86. The SMILES string of the molecule is C=CCN1CC(C[Si](C)(C)C)c2ccccc21. The van der Waals surface area contributed by atoms with Crippen molar-refractivity contribution < 1.29 is 0 Å². The van der Waals surface area contributed by atoms with Crippen molar-refractivity contribution >= 4 is 13.8 Å². The highest BCUT2D eigenvalue weighted by atomic mass is 28.3. The number of hydrogen-bond acceptors (Lipinski definition) is 1. The number of rotatable bonds is 4. The first-order valence-corrected chi connectivity index (χ1v) is 10.2. The van der Waals surface area contributed by atoms with Gasteiger partial charge in [-0.3, -0.25) is 0 Å². The van der Waals surface area contributed by atoms with Gasteiger partial charge in [0.15, 0.2) is 0 Å². The van der Waals surface area contributed by atoms with Crippen molar-refractivity contribution in [2.24, 2.45) is 0 Å². The van der Waals surface area contributed by atoms with Gasteiger partial charge in [0, 0.05) is 32.8 Å². The van der Waals surface area contributed by atoms with E-state index in [0.29, 0.717) is 0 Å². The second-order valence-corrected chi connectivity index (χ2v) is 11.7. The molecule has 92 valence electrons. The third-order valence-corrected chi connectivity index (χ3v) is 5.08. The molecule has 17 heavy (non-hydrogen) atoms. The molecule has 0 fully saturated rings. The maximum absolute atomic E-state index is 3.86. The van der Waals surface area contributed by atoms with E-state index in [9.17, 15) is 0 Å². The Labute approximate surface area is 106 Å². The van der Waals surface area contributed by atoms with Crippen LogP contribution in [0.15, 0.2) is 36.9 Å². The molecule has 1 heterocycles. The van der Waals surface area contributed by atoms with Crippen LogP contribution in [-0.2, 0) is 0 Å². The number of benzene rings is 1. The maximum Gasteiger partial charge on any atom is 0.0449 e. The van der Waals surface area contributed by atoms with E-state index in [-0.39, 0.29) is 0 Å². The highest BCUT2D eigenvalue weighted by molar-refractivity contribution is 6.76. The second-order valence-electron chi connectivity index (χ2n) is 6.21. The lowest BCUT2D eigenvalue weighted by molar-refractivity contribution is 0.765. The zero-order valence-corrected chi connectivity index (χ0v) is 12.2. The van der Waals surface area contributed by atoms with Gasteiger partial charge in [-0.1, -0.05) is 43.9 Å². The summed E-state index contributed by atoms with van der Waals surface area (Å²) in [5, 5.41) is 0. The predicted octanol–water partition coefficient (Wildman–Crippen LogP) is 4.11. The van der Waals surface area contributed by atoms with Crippen LogP contribution in [0, 0.1) is 0 Å². The second kappa shape index (κ2) is 4.69. The van der Waals surface area contributed by atoms with Crippen LogP contribution < -0.4 is 4.90 Å². The molecule has 1 aliphatic heterocycles. The minimum absolute atomic E-state index is 0.734. The summed E-state index contributed by atoms with van der Waals surface area (Å²) in [4.78, 5) is 2.47. The van der Waals surface area contributed by atoms with Gasteiger partial charge in [0.2, 0.25) is 0 Å². The van der Waals surface area contributed by atoms with Crippen LogP contribution in [0.25, 0.3) is 0 Å². The standard InChI is InChI=1S/C15H23NSi/c1-5-10-16-11-13(12-17(2,3)4)14-8-6-7-9-15(14)16/h5-9,13H,1,10-12H2,2-4H3. The Kier molecular flexibility index (Phi) is 3.43. The number of para-hydroxylation sites is 1.